The first-order valence-electron chi connectivity index (χ1n) is 9.83. The monoisotopic (exact) mass is 460 g/mol. The highest BCUT2D eigenvalue weighted by Gasteiger charge is 2.31. The van der Waals surface area contributed by atoms with Gasteiger partial charge < -0.3 is 10.1 Å². The molecule has 1 N–H and O–H groups in total. The van der Waals surface area contributed by atoms with Crippen molar-refractivity contribution in [1.82, 2.24) is 5.32 Å². The molecule has 0 saturated heterocycles. The van der Waals surface area contributed by atoms with Crippen molar-refractivity contribution < 1.29 is 17.9 Å². The molecule has 0 spiro atoms. The summed E-state index contributed by atoms with van der Waals surface area (Å²) in [4.78, 5) is 13.0. The summed E-state index contributed by atoms with van der Waals surface area (Å²) in [6, 6.07) is 17.6. The Labute approximate surface area is 187 Å². The van der Waals surface area contributed by atoms with Crippen LogP contribution in [0.25, 0.3) is 10.8 Å². The third-order valence-corrected chi connectivity index (χ3v) is 6.48. The Morgan fingerprint density at radius 2 is 1.81 bits per heavy atom. The highest BCUT2D eigenvalue weighted by Crippen LogP contribution is 2.31. The van der Waals surface area contributed by atoms with E-state index in [1.807, 2.05) is 42.5 Å². The van der Waals surface area contributed by atoms with Crippen LogP contribution >= 0.6 is 11.6 Å². The van der Waals surface area contributed by atoms with Gasteiger partial charge in [0.1, 0.15) is 11.8 Å². The molecule has 3 aromatic carbocycles. The number of nitrogens with zero attached hydrogens (tertiary/aromatic N) is 1. The van der Waals surface area contributed by atoms with Crippen LogP contribution in [0.15, 0.2) is 60.7 Å². The number of sulfonamides is 1. The quantitative estimate of drug-likeness (QED) is 0.541. The Kier molecular flexibility index (Phi) is 7.08. The van der Waals surface area contributed by atoms with E-state index in [9.17, 15) is 13.2 Å². The number of fused-ring (bicyclic) bond motifs is 1. The van der Waals surface area contributed by atoms with Crippen LogP contribution in [0.4, 0.5) is 5.69 Å². The fraction of sp³-hybridized carbons (Fsp3) is 0.261. The van der Waals surface area contributed by atoms with Crippen molar-refractivity contribution in [1.29, 1.82) is 0 Å². The van der Waals surface area contributed by atoms with E-state index in [1.165, 1.54) is 13.2 Å². The normalized spacial score (nSPS) is 12.4. The van der Waals surface area contributed by atoms with Crippen LogP contribution in [0, 0.1) is 0 Å². The van der Waals surface area contributed by atoms with Crippen LogP contribution in [0.3, 0.4) is 0 Å². The molecule has 0 radical (unpaired) electrons. The number of carbonyl (C=O) groups excluding carboxylic acids is 1. The van der Waals surface area contributed by atoms with E-state index >= 15 is 0 Å². The Morgan fingerprint density at radius 1 is 1.10 bits per heavy atom. The SMILES string of the molecule is CC[C@H](C(=O)NCc1ccc2ccccc2c1)N(c1ccc(OC)c(Cl)c1)S(C)(=O)=O. The van der Waals surface area contributed by atoms with E-state index in [-0.39, 0.29) is 10.9 Å². The van der Waals surface area contributed by atoms with Gasteiger partial charge in [0.2, 0.25) is 15.9 Å². The zero-order valence-corrected chi connectivity index (χ0v) is 19.2. The summed E-state index contributed by atoms with van der Waals surface area (Å²) in [5.74, 6) is 0.0423. The summed E-state index contributed by atoms with van der Waals surface area (Å²) in [5.41, 5.74) is 1.24. The molecule has 0 saturated carbocycles. The molecule has 0 aliphatic rings. The van der Waals surface area contributed by atoms with Crippen molar-refractivity contribution in [2.45, 2.75) is 25.9 Å². The number of benzene rings is 3. The van der Waals surface area contributed by atoms with Crippen molar-refractivity contribution in [3.8, 4) is 5.75 Å². The van der Waals surface area contributed by atoms with E-state index in [0.717, 1.165) is 26.9 Å². The number of nitrogens with one attached hydrogen (secondary N) is 1. The lowest BCUT2D eigenvalue weighted by atomic mass is 10.1. The minimum Gasteiger partial charge on any atom is -0.495 e. The summed E-state index contributed by atoms with van der Waals surface area (Å²) in [6.45, 7) is 2.06. The van der Waals surface area contributed by atoms with Crippen LogP contribution in [0.1, 0.15) is 18.9 Å². The van der Waals surface area contributed by atoms with Gasteiger partial charge in [0.25, 0.3) is 0 Å². The zero-order chi connectivity index (χ0) is 22.6. The number of rotatable bonds is 8. The van der Waals surface area contributed by atoms with E-state index in [1.54, 1.807) is 19.1 Å². The van der Waals surface area contributed by atoms with Gasteiger partial charge in [0, 0.05) is 6.54 Å². The topological polar surface area (TPSA) is 75.7 Å². The number of halogens is 1. The van der Waals surface area contributed by atoms with Crippen LogP contribution in [-0.4, -0.2) is 33.7 Å². The second-order valence-corrected chi connectivity index (χ2v) is 9.47. The molecule has 3 rings (SSSR count). The predicted molar refractivity (Wildman–Crippen MR) is 125 cm³/mol. The Hall–Kier alpha value is -2.77. The smallest absolute Gasteiger partial charge is 0.244 e. The van der Waals surface area contributed by atoms with Crippen molar-refractivity contribution in [3.63, 3.8) is 0 Å². The molecule has 164 valence electrons. The fourth-order valence-electron chi connectivity index (χ4n) is 3.51. The highest BCUT2D eigenvalue weighted by molar-refractivity contribution is 7.92. The van der Waals surface area contributed by atoms with Gasteiger partial charge in [0.05, 0.1) is 24.1 Å². The number of anilines is 1. The first kappa shape index (κ1) is 22.9. The lowest BCUT2D eigenvalue weighted by Gasteiger charge is -2.30. The fourth-order valence-corrected chi connectivity index (χ4v) is 4.96. The minimum atomic E-state index is -3.75. The first-order valence-corrected chi connectivity index (χ1v) is 12.1. The molecule has 6 nitrogen and oxygen atoms in total. The molecule has 8 heteroatoms. The van der Waals surface area contributed by atoms with Crippen molar-refractivity contribution in [2.75, 3.05) is 17.7 Å². The third kappa shape index (κ3) is 5.29. The molecule has 0 unspecified atom stereocenters. The number of carbonyl (C=O) groups is 1. The summed E-state index contributed by atoms with van der Waals surface area (Å²) in [6.07, 6.45) is 1.37. The summed E-state index contributed by atoms with van der Waals surface area (Å²) in [5, 5.41) is 5.33. The number of amides is 1. The minimum absolute atomic E-state index is 0.264. The number of ether oxygens (including phenoxy) is 1. The van der Waals surface area contributed by atoms with Crippen LogP contribution in [0.2, 0.25) is 5.02 Å². The Morgan fingerprint density at radius 3 is 2.42 bits per heavy atom. The standard InChI is InChI=1S/C23H25ClN2O4S/c1-4-21(26(31(3,28)29)19-11-12-22(30-2)20(24)14-19)23(27)25-15-16-9-10-17-7-5-6-8-18(17)13-16/h5-14,21H,4,15H2,1-3H3,(H,25,27)/t21-/m1/s1. The molecular weight excluding hydrogens is 436 g/mol. The zero-order valence-electron chi connectivity index (χ0n) is 17.6. The second-order valence-electron chi connectivity index (χ2n) is 7.20. The lowest BCUT2D eigenvalue weighted by Crippen LogP contribution is -2.49. The van der Waals surface area contributed by atoms with E-state index in [4.69, 9.17) is 16.3 Å². The molecule has 0 heterocycles. The molecule has 0 aliphatic carbocycles. The van der Waals surface area contributed by atoms with Gasteiger partial charge in [-0.2, -0.15) is 0 Å². The van der Waals surface area contributed by atoms with Gasteiger partial charge in [-0.25, -0.2) is 8.42 Å². The number of hydrogen-bond acceptors (Lipinski definition) is 4. The molecular formula is C23H25ClN2O4S. The van der Waals surface area contributed by atoms with Gasteiger partial charge in [-0.15, -0.1) is 0 Å². The number of methoxy groups -OCH3 is 1. The average Bonchev–Trinajstić information content (AvgIpc) is 2.74. The highest BCUT2D eigenvalue weighted by atomic mass is 35.5. The van der Waals surface area contributed by atoms with E-state index in [2.05, 4.69) is 5.32 Å². The van der Waals surface area contributed by atoms with Crippen molar-refractivity contribution >= 4 is 44.0 Å². The second kappa shape index (κ2) is 9.58. The molecule has 1 atom stereocenters. The third-order valence-electron chi connectivity index (χ3n) is 5.00. The molecule has 31 heavy (non-hydrogen) atoms. The maximum atomic E-state index is 13.0. The number of hydrogen-bond donors (Lipinski definition) is 1. The maximum Gasteiger partial charge on any atom is 0.244 e. The van der Waals surface area contributed by atoms with Gasteiger partial charge in [0.15, 0.2) is 0 Å². The van der Waals surface area contributed by atoms with E-state index in [0.29, 0.717) is 24.4 Å². The van der Waals surface area contributed by atoms with Gasteiger partial charge in [-0.1, -0.05) is 54.9 Å². The van der Waals surface area contributed by atoms with Crippen LogP contribution in [0.5, 0.6) is 5.75 Å². The predicted octanol–water partition coefficient (Wildman–Crippen LogP) is 4.36. The molecule has 1 amide bonds. The van der Waals surface area contributed by atoms with E-state index < -0.39 is 16.1 Å². The summed E-state index contributed by atoms with van der Waals surface area (Å²) >= 11 is 6.19. The van der Waals surface area contributed by atoms with Crippen LogP contribution < -0.4 is 14.4 Å². The maximum absolute atomic E-state index is 13.0. The first-order chi connectivity index (χ1) is 14.7. The Balaban J connectivity index is 1.83. The molecule has 0 bridgehead atoms. The van der Waals surface area contributed by atoms with Crippen molar-refractivity contribution in [2.24, 2.45) is 0 Å². The molecule has 0 aromatic heterocycles. The van der Waals surface area contributed by atoms with Gasteiger partial charge in [-0.05, 0) is 47.0 Å². The van der Waals surface area contributed by atoms with Crippen molar-refractivity contribution in [3.05, 3.63) is 71.2 Å². The average molecular weight is 461 g/mol. The van der Waals surface area contributed by atoms with Gasteiger partial charge >= 0.3 is 0 Å². The Bertz CT molecular complexity index is 1200. The molecule has 3 aromatic rings. The van der Waals surface area contributed by atoms with Crippen LogP contribution in [-0.2, 0) is 21.4 Å². The molecule has 0 fully saturated rings. The lowest BCUT2D eigenvalue weighted by molar-refractivity contribution is -0.122. The largest absolute Gasteiger partial charge is 0.495 e. The summed E-state index contributed by atoms with van der Waals surface area (Å²) < 4.78 is 31.4. The van der Waals surface area contributed by atoms with Gasteiger partial charge in [-0.3, -0.25) is 9.10 Å². The summed E-state index contributed by atoms with van der Waals surface area (Å²) in [7, 11) is -2.27. The molecule has 0 aliphatic heterocycles.